The lowest BCUT2D eigenvalue weighted by molar-refractivity contribution is 0.398. The van der Waals surface area contributed by atoms with E-state index in [9.17, 15) is 13.2 Å². The Morgan fingerprint density at radius 3 is 2.60 bits per heavy atom. The Balaban J connectivity index is 1.67. The Labute approximate surface area is 197 Å². The van der Waals surface area contributed by atoms with Crippen molar-refractivity contribution in [3.8, 4) is 22.7 Å². The minimum Gasteiger partial charge on any atom is -0.481 e. The Morgan fingerprint density at radius 1 is 1.03 bits per heavy atom. The lowest BCUT2D eigenvalue weighted by Gasteiger charge is -2.15. The van der Waals surface area contributed by atoms with Crippen LogP contribution in [0.3, 0.4) is 0 Å². The fraction of sp³-hybridized carbons (Fsp3) is 0.174. The van der Waals surface area contributed by atoms with Gasteiger partial charge < -0.3 is 15.0 Å². The lowest BCUT2D eigenvalue weighted by atomic mass is 10.1. The van der Waals surface area contributed by atoms with Gasteiger partial charge in [0.05, 0.1) is 30.9 Å². The second-order valence-corrected chi connectivity index (χ2v) is 7.73. The smallest absolute Gasteiger partial charge is 0.221 e. The molecule has 12 heteroatoms. The summed E-state index contributed by atoms with van der Waals surface area (Å²) in [6, 6.07) is 4.10. The number of hydrogen-bond donors (Lipinski definition) is 1. The van der Waals surface area contributed by atoms with Gasteiger partial charge in [0.15, 0.2) is 5.82 Å². The van der Waals surface area contributed by atoms with E-state index in [2.05, 4.69) is 25.3 Å². The standard InChI is InChI=1S/C23H19F3N8O/c1-3-18(17-10-34(32-31-17)19-5-4-12(24)7-16(19)26)33-9-15(20-21(27)29-11-30-22(20)33)14-6-13(25)8-28-23(14)35-2/h4-11,18H,3H2,1-2H3,(H2,27,29,30)/t18-/m0/s1. The molecule has 1 atom stereocenters. The average Bonchev–Trinajstić information content (AvgIpc) is 3.46. The number of rotatable bonds is 6. The molecule has 0 saturated carbocycles. The van der Waals surface area contributed by atoms with Gasteiger partial charge in [0.1, 0.15) is 40.8 Å². The van der Waals surface area contributed by atoms with E-state index in [1.54, 1.807) is 12.4 Å². The first-order valence-corrected chi connectivity index (χ1v) is 10.6. The van der Waals surface area contributed by atoms with Gasteiger partial charge in [-0.2, -0.15) is 0 Å². The first-order valence-electron chi connectivity index (χ1n) is 10.6. The number of anilines is 1. The Kier molecular flexibility index (Phi) is 5.55. The fourth-order valence-corrected chi connectivity index (χ4v) is 4.10. The summed E-state index contributed by atoms with van der Waals surface area (Å²) < 4.78 is 50.1. The minimum atomic E-state index is -0.769. The van der Waals surface area contributed by atoms with E-state index in [0.717, 1.165) is 18.3 Å². The van der Waals surface area contributed by atoms with Gasteiger partial charge in [0.2, 0.25) is 5.88 Å². The minimum absolute atomic E-state index is 0.0557. The van der Waals surface area contributed by atoms with E-state index in [-0.39, 0.29) is 17.4 Å². The summed E-state index contributed by atoms with van der Waals surface area (Å²) in [6.45, 7) is 1.93. The molecule has 0 aliphatic heterocycles. The number of nitrogens with zero attached hydrogens (tertiary/aromatic N) is 7. The molecule has 5 aromatic rings. The number of benzene rings is 1. The number of nitrogens with two attached hydrogens (primary N) is 1. The molecule has 0 bridgehead atoms. The van der Waals surface area contributed by atoms with Crippen molar-refractivity contribution in [2.75, 3.05) is 12.8 Å². The van der Waals surface area contributed by atoms with Crippen molar-refractivity contribution in [1.29, 1.82) is 0 Å². The van der Waals surface area contributed by atoms with Gasteiger partial charge in [-0.15, -0.1) is 5.10 Å². The molecular weight excluding hydrogens is 461 g/mol. The molecule has 35 heavy (non-hydrogen) atoms. The zero-order chi connectivity index (χ0) is 24.7. The largest absolute Gasteiger partial charge is 0.481 e. The van der Waals surface area contributed by atoms with Crippen LogP contribution in [0.5, 0.6) is 5.88 Å². The maximum atomic E-state index is 14.3. The fourth-order valence-electron chi connectivity index (χ4n) is 4.10. The van der Waals surface area contributed by atoms with Gasteiger partial charge in [-0.25, -0.2) is 32.8 Å². The molecule has 2 N–H and O–H groups in total. The van der Waals surface area contributed by atoms with Crippen LogP contribution in [0, 0.1) is 17.5 Å². The highest BCUT2D eigenvalue weighted by molar-refractivity contribution is 6.01. The number of ether oxygens (including phenoxy) is 1. The Bertz CT molecular complexity index is 1550. The summed E-state index contributed by atoms with van der Waals surface area (Å²) in [4.78, 5) is 12.5. The molecule has 4 heterocycles. The predicted octanol–water partition coefficient (Wildman–Crippen LogP) is 4.08. The van der Waals surface area contributed by atoms with Crippen molar-refractivity contribution < 1.29 is 17.9 Å². The molecule has 1 aromatic carbocycles. The van der Waals surface area contributed by atoms with Crippen molar-refractivity contribution in [3.63, 3.8) is 0 Å². The van der Waals surface area contributed by atoms with Gasteiger partial charge in [0, 0.05) is 23.4 Å². The summed E-state index contributed by atoms with van der Waals surface area (Å²) in [5.74, 6) is -1.60. The van der Waals surface area contributed by atoms with Crippen LogP contribution < -0.4 is 10.5 Å². The summed E-state index contributed by atoms with van der Waals surface area (Å²) in [5, 5.41) is 8.74. The number of nitrogen functional groups attached to an aromatic ring is 1. The quantitative estimate of drug-likeness (QED) is 0.390. The molecule has 0 aliphatic rings. The van der Waals surface area contributed by atoms with Gasteiger partial charge in [0.25, 0.3) is 0 Å². The Morgan fingerprint density at radius 2 is 1.86 bits per heavy atom. The number of halogens is 3. The normalized spacial score (nSPS) is 12.3. The molecule has 0 saturated heterocycles. The molecule has 0 aliphatic carbocycles. The Hall–Kier alpha value is -4.48. The predicted molar refractivity (Wildman–Crippen MR) is 121 cm³/mol. The van der Waals surface area contributed by atoms with Crippen LogP contribution >= 0.6 is 0 Å². The van der Waals surface area contributed by atoms with Crippen LogP contribution in [0.25, 0.3) is 27.8 Å². The van der Waals surface area contributed by atoms with Crippen molar-refractivity contribution >= 4 is 16.9 Å². The van der Waals surface area contributed by atoms with Crippen molar-refractivity contribution in [2.45, 2.75) is 19.4 Å². The molecule has 0 spiro atoms. The second-order valence-electron chi connectivity index (χ2n) is 7.73. The summed E-state index contributed by atoms with van der Waals surface area (Å²) in [7, 11) is 1.44. The van der Waals surface area contributed by atoms with Gasteiger partial charge >= 0.3 is 0 Å². The number of aromatic nitrogens is 7. The highest BCUT2D eigenvalue weighted by Crippen LogP contribution is 2.39. The zero-order valence-electron chi connectivity index (χ0n) is 18.7. The first-order chi connectivity index (χ1) is 16.9. The van der Waals surface area contributed by atoms with Crippen molar-refractivity contribution in [2.24, 2.45) is 0 Å². The van der Waals surface area contributed by atoms with Crippen LogP contribution in [-0.2, 0) is 0 Å². The second kappa shape index (κ2) is 8.70. The molecule has 9 nitrogen and oxygen atoms in total. The third kappa shape index (κ3) is 3.82. The summed E-state index contributed by atoms with van der Waals surface area (Å²) >= 11 is 0. The average molecular weight is 480 g/mol. The zero-order valence-corrected chi connectivity index (χ0v) is 18.7. The highest BCUT2D eigenvalue weighted by atomic mass is 19.1. The maximum absolute atomic E-state index is 14.3. The van der Waals surface area contributed by atoms with E-state index in [0.29, 0.717) is 34.3 Å². The van der Waals surface area contributed by atoms with E-state index in [1.165, 1.54) is 30.3 Å². The van der Waals surface area contributed by atoms with E-state index >= 15 is 0 Å². The molecule has 0 unspecified atom stereocenters. The third-order valence-electron chi connectivity index (χ3n) is 5.67. The maximum Gasteiger partial charge on any atom is 0.221 e. The summed E-state index contributed by atoms with van der Waals surface area (Å²) in [5.41, 5.74) is 8.14. The summed E-state index contributed by atoms with van der Waals surface area (Å²) in [6.07, 6.45) is 6.25. The molecular formula is C23H19F3N8O. The van der Waals surface area contributed by atoms with E-state index < -0.39 is 23.5 Å². The molecule has 0 fully saturated rings. The number of fused-ring (bicyclic) bond motifs is 1. The first kappa shape index (κ1) is 22.3. The van der Waals surface area contributed by atoms with E-state index in [1.807, 2.05) is 11.5 Å². The molecule has 5 rings (SSSR count). The number of pyridine rings is 1. The van der Waals surface area contributed by atoms with Crippen LogP contribution in [-0.4, -0.2) is 41.6 Å². The molecule has 0 amide bonds. The van der Waals surface area contributed by atoms with Gasteiger partial charge in [-0.1, -0.05) is 12.1 Å². The van der Waals surface area contributed by atoms with Crippen LogP contribution in [0.4, 0.5) is 19.0 Å². The molecule has 178 valence electrons. The third-order valence-corrected chi connectivity index (χ3v) is 5.67. The van der Waals surface area contributed by atoms with Crippen LogP contribution in [0.2, 0.25) is 0 Å². The number of hydrogen-bond acceptors (Lipinski definition) is 7. The van der Waals surface area contributed by atoms with Gasteiger partial charge in [-0.05, 0) is 24.6 Å². The molecule has 4 aromatic heterocycles. The molecule has 0 radical (unpaired) electrons. The van der Waals surface area contributed by atoms with E-state index in [4.69, 9.17) is 10.5 Å². The topological polar surface area (TPSA) is 110 Å². The van der Waals surface area contributed by atoms with Crippen LogP contribution in [0.1, 0.15) is 25.1 Å². The highest BCUT2D eigenvalue weighted by Gasteiger charge is 2.25. The number of methoxy groups -OCH3 is 1. The van der Waals surface area contributed by atoms with Gasteiger partial charge in [-0.3, -0.25) is 0 Å². The SMILES string of the molecule is CC[C@@H](c1cn(-c2ccc(F)cc2F)nn1)n1cc(-c2cc(F)cnc2OC)c2c(N)ncnc21. The lowest BCUT2D eigenvalue weighted by Crippen LogP contribution is -2.10. The van der Waals surface area contributed by atoms with Crippen molar-refractivity contribution in [1.82, 2.24) is 34.5 Å². The van der Waals surface area contributed by atoms with Crippen LogP contribution in [0.15, 0.2) is 49.2 Å². The monoisotopic (exact) mass is 480 g/mol. The van der Waals surface area contributed by atoms with Crippen molar-refractivity contribution in [3.05, 3.63) is 72.3 Å².